The standard InChI is InChI=1S/C2H4O2.4Hg/c1-2(3)4;;;;/h1H3,(H,3,4);;;;. The Morgan fingerprint density at radius 1 is 1.12 bits per heavy atom. The van der Waals surface area contributed by atoms with Crippen molar-refractivity contribution in [3.05, 3.63) is 0 Å². The summed E-state index contributed by atoms with van der Waals surface area (Å²) in [5, 5.41) is 7.42. The zero-order valence-electron chi connectivity index (χ0n) is 5.18. The van der Waals surface area contributed by atoms with Crippen LogP contribution in [0.3, 0.4) is 0 Å². The Morgan fingerprint density at radius 2 is 1.12 bits per heavy atom. The van der Waals surface area contributed by atoms with Gasteiger partial charge in [-0.05, 0) is 0 Å². The quantitative estimate of drug-likeness (QED) is 0.351. The molecule has 1 N–H and O–H groups in total. The molecule has 0 unspecified atom stereocenters. The number of hydrogen-bond acceptors (Lipinski definition) is 1. The van der Waals surface area contributed by atoms with Gasteiger partial charge in [0.1, 0.15) is 0 Å². The van der Waals surface area contributed by atoms with Crippen molar-refractivity contribution in [3.63, 3.8) is 0 Å². The van der Waals surface area contributed by atoms with Gasteiger partial charge in [-0.3, -0.25) is 4.79 Å². The average molecular weight is 862 g/mol. The molecule has 0 heterocycles. The predicted molar refractivity (Wildman–Crippen MR) is 13.3 cm³/mol. The summed E-state index contributed by atoms with van der Waals surface area (Å²) in [5.41, 5.74) is 0. The van der Waals surface area contributed by atoms with Gasteiger partial charge >= 0.3 is 0 Å². The number of aliphatic carboxylic acids is 1. The van der Waals surface area contributed by atoms with Crippen molar-refractivity contribution in [1.82, 2.24) is 0 Å². The minimum Gasteiger partial charge on any atom is -0.481 e. The van der Waals surface area contributed by atoms with Gasteiger partial charge in [-0.25, -0.2) is 0 Å². The van der Waals surface area contributed by atoms with Crippen LogP contribution in [0, 0.1) is 0 Å². The van der Waals surface area contributed by atoms with Gasteiger partial charge in [-0.1, -0.05) is 0 Å². The zero-order valence-corrected chi connectivity index (χ0v) is 27.2. The van der Waals surface area contributed by atoms with Crippen molar-refractivity contribution in [2.24, 2.45) is 0 Å². The third-order valence-corrected chi connectivity index (χ3v) is 0. The van der Waals surface area contributed by atoms with Crippen LogP contribution in [0.25, 0.3) is 0 Å². The number of carboxylic acid groups (broad SMARTS) is 1. The van der Waals surface area contributed by atoms with Crippen LogP contribution in [-0.2, 0) is 115 Å². The summed E-state index contributed by atoms with van der Waals surface area (Å²) in [6.07, 6.45) is 0. The minimum atomic E-state index is -0.833. The SMILES string of the molecule is CC(=O)O.[Hg].[Hg].[Hg].[Hg]. The maximum Gasteiger partial charge on any atom is 0.300 e. The van der Waals surface area contributed by atoms with E-state index in [2.05, 4.69) is 0 Å². The maximum absolute atomic E-state index is 9.00. The molecule has 0 amide bonds. The second-order valence-electron chi connectivity index (χ2n) is 0.519. The van der Waals surface area contributed by atoms with E-state index in [0.29, 0.717) is 0 Å². The number of carboxylic acids is 1. The summed E-state index contributed by atoms with van der Waals surface area (Å²) in [7, 11) is 0. The molecular weight excluding hydrogens is 858 g/mol. The molecule has 0 aromatic carbocycles. The van der Waals surface area contributed by atoms with Crippen molar-refractivity contribution in [2.75, 3.05) is 0 Å². The van der Waals surface area contributed by atoms with E-state index >= 15 is 0 Å². The summed E-state index contributed by atoms with van der Waals surface area (Å²) < 4.78 is 0. The molecule has 0 saturated carbocycles. The number of carbonyl (C=O) groups is 1. The molecule has 8 heavy (non-hydrogen) atoms. The summed E-state index contributed by atoms with van der Waals surface area (Å²) in [4.78, 5) is 9.00. The van der Waals surface area contributed by atoms with E-state index in [1.807, 2.05) is 0 Å². The van der Waals surface area contributed by atoms with Gasteiger partial charge in [-0.15, -0.1) is 0 Å². The van der Waals surface area contributed by atoms with Crippen LogP contribution in [0.1, 0.15) is 6.92 Å². The Morgan fingerprint density at radius 3 is 1.12 bits per heavy atom. The molecular formula is C2H4Hg4O2. The van der Waals surface area contributed by atoms with Gasteiger partial charge in [-0.2, -0.15) is 0 Å². The monoisotopic (exact) mass is 868 g/mol. The van der Waals surface area contributed by atoms with Crippen LogP contribution in [0.4, 0.5) is 0 Å². The Balaban J connectivity index is -0.00000000750. The van der Waals surface area contributed by atoms with Crippen LogP contribution in [0.5, 0.6) is 0 Å². The Bertz CT molecular complexity index is 35.0. The van der Waals surface area contributed by atoms with E-state index in [1.165, 1.54) is 0 Å². The molecule has 0 rings (SSSR count). The second kappa shape index (κ2) is 22.5. The summed E-state index contributed by atoms with van der Waals surface area (Å²) in [5.74, 6) is -0.833. The van der Waals surface area contributed by atoms with E-state index < -0.39 is 5.97 Å². The summed E-state index contributed by atoms with van der Waals surface area (Å²) in [6, 6.07) is 0. The third kappa shape index (κ3) is 60.2. The molecule has 0 aliphatic rings. The Kier molecular flexibility index (Phi) is 85.1. The normalized spacial score (nSPS) is 3.12. The molecule has 0 atom stereocenters. The van der Waals surface area contributed by atoms with Gasteiger partial charge in [0.25, 0.3) is 5.97 Å². The molecule has 0 fully saturated rings. The molecule has 0 saturated heterocycles. The average Bonchev–Trinajstić information content (AvgIpc) is 0.811. The minimum absolute atomic E-state index is 0. The Labute approximate surface area is 131 Å². The van der Waals surface area contributed by atoms with Crippen LogP contribution in [0.2, 0.25) is 0 Å². The van der Waals surface area contributed by atoms with Crippen molar-refractivity contribution in [1.29, 1.82) is 0 Å². The largest absolute Gasteiger partial charge is 0.481 e. The fourth-order valence-electron chi connectivity index (χ4n) is 0. The van der Waals surface area contributed by atoms with Crippen molar-refractivity contribution < 1.29 is 121 Å². The van der Waals surface area contributed by atoms with Crippen molar-refractivity contribution in [2.45, 2.75) is 6.92 Å². The fraction of sp³-hybridized carbons (Fsp3) is 0.500. The van der Waals surface area contributed by atoms with E-state index in [0.717, 1.165) is 6.92 Å². The van der Waals surface area contributed by atoms with Crippen molar-refractivity contribution in [3.8, 4) is 0 Å². The van der Waals surface area contributed by atoms with Crippen molar-refractivity contribution >= 4 is 5.97 Å². The summed E-state index contributed by atoms with van der Waals surface area (Å²) >= 11 is 0. The van der Waals surface area contributed by atoms with Crippen LogP contribution in [-0.4, -0.2) is 11.1 Å². The molecule has 0 bridgehead atoms. The smallest absolute Gasteiger partial charge is 0.300 e. The van der Waals surface area contributed by atoms with Gasteiger partial charge < -0.3 is 5.11 Å². The fourth-order valence-corrected chi connectivity index (χ4v) is 0. The topological polar surface area (TPSA) is 37.3 Å². The van der Waals surface area contributed by atoms with E-state index in [-0.39, 0.29) is 111 Å². The molecule has 0 aromatic rings. The van der Waals surface area contributed by atoms with Gasteiger partial charge in [0.15, 0.2) is 0 Å². The van der Waals surface area contributed by atoms with E-state index in [9.17, 15) is 0 Å². The molecule has 0 aromatic heterocycles. The Hall–Kier alpha value is 3.21. The zero-order chi connectivity index (χ0) is 3.58. The molecule has 2 nitrogen and oxygen atoms in total. The van der Waals surface area contributed by atoms with Crippen LogP contribution in [0.15, 0.2) is 0 Å². The number of hydrogen-bond donors (Lipinski definition) is 1. The van der Waals surface area contributed by atoms with Gasteiger partial charge in [0.05, 0.1) is 0 Å². The first-order chi connectivity index (χ1) is 1.73. The maximum atomic E-state index is 9.00. The molecule has 6 heteroatoms. The molecule has 32 valence electrons. The predicted octanol–water partition coefficient (Wildman–Crippen LogP) is 0.0809. The molecule has 0 aliphatic heterocycles. The first-order valence-electron chi connectivity index (χ1n) is 0.928. The van der Waals surface area contributed by atoms with E-state index in [4.69, 9.17) is 9.90 Å². The van der Waals surface area contributed by atoms with E-state index in [1.54, 1.807) is 0 Å². The molecule has 0 spiro atoms. The third-order valence-electron chi connectivity index (χ3n) is 0. The first kappa shape index (κ1) is 30.3. The van der Waals surface area contributed by atoms with Crippen LogP contribution >= 0.6 is 0 Å². The summed E-state index contributed by atoms with van der Waals surface area (Å²) in [6.45, 7) is 1.08. The second-order valence-corrected chi connectivity index (χ2v) is 0.519. The number of rotatable bonds is 0. The van der Waals surface area contributed by atoms with Gasteiger partial charge in [0.2, 0.25) is 0 Å². The van der Waals surface area contributed by atoms with Gasteiger partial charge in [0, 0.05) is 118 Å². The molecule has 0 aliphatic carbocycles. The first-order valence-corrected chi connectivity index (χ1v) is 0.928. The molecule has 0 radical (unpaired) electrons. The van der Waals surface area contributed by atoms with Crippen LogP contribution < -0.4 is 0 Å².